The number of hydrogen-bond acceptors (Lipinski definition) is 4. The average Bonchev–Trinajstić information content (AvgIpc) is 2.53. The fourth-order valence-corrected chi connectivity index (χ4v) is 2.82. The maximum atomic E-state index is 12.7. The van der Waals surface area contributed by atoms with Crippen LogP contribution in [0.4, 0.5) is 10.1 Å². The number of sulfonamides is 1. The summed E-state index contributed by atoms with van der Waals surface area (Å²) in [4.78, 5) is 9.68. The molecule has 118 valence electrons. The highest BCUT2D eigenvalue weighted by molar-refractivity contribution is 7.89. The van der Waals surface area contributed by atoms with Gasteiger partial charge in [0.15, 0.2) is 4.90 Å². The molecule has 0 spiro atoms. The number of nitrogens with zero attached hydrogens (tertiary/aromatic N) is 1. The van der Waals surface area contributed by atoms with E-state index in [9.17, 15) is 22.9 Å². The van der Waals surface area contributed by atoms with Crippen LogP contribution in [0.2, 0.25) is 0 Å². The minimum absolute atomic E-state index is 0.230. The highest BCUT2D eigenvalue weighted by Crippen LogP contribution is 2.22. The van der Waals surface area contributed by atoms with Crippen LogP contribution in [0.15, 0.2) is 53.4 Å². The van der Waals surface area contributed by atoms with Crippen LogP contribution in [-0.4, -0.2) is 19.9 Å². The molecule has 2 aromatic carbocycles. The van der Waals surface area contributed by atoms with Crippen molar-refractivity contribution in [1.29, 1.82) is 0 Å². The van der Waals surface area contributed by atoms with Crippen molar-refractivity contribution in [2.75, 3.05) is 6.54 Å². The van der Waals surface area contributed by atoms with Gasteiger partial charge in [0.05, 0.1) is 11.5 Å². The van der Waals surface area contributed by atoms with Gasteiger partial charge in [0.1, 0.15) is 5.82 Å². The van der Waals surface area contributed by atoms with Crippen LogP contribution < -0.4 is 4.72 Å². The van der Waals surface area contributed by atoms with Crippen LogP contribution in [0.25, 0.3) is 0 Å². The normalized spacial score (nSPS) is 10.7. The van der Waals surface area contributed by atoms with E-state index in [1.165, 1.54) is 36.4 Å². The number of para-hydroxylation sites is 1. The van der Waals surface area contributed by atoms with Crippen LogP contribution in [0.1, 0.15) is 5.56 Å². The van der Waals surface area contributed by atoms with Gasteiger partial charge in [0, 0.05) is 11.6 Å². The summed E-state index contributed by atoms with van der Waals surface area (Å²) in [6.45, 7) is -0.230. The predicted octanol–water partition coefficient (Wildman–Crippen LogP) is 2.06. The zero-order chi connectivity index (χ0) is 16.9. The Bertz CT molecular complexity index is 884. The molecule has 23 heavy (non-hydrogen) atoms. The topological polar surface area (TPSA) is 89.3 Å². The molecule has 0 heterocycles. The summed E-state index contributed by atoms with van der Waals surface area (Å²) in [6, 6.07) is 10.4. The van der Waals surface area contributed by atoms with Crippen LogP contribution in [0, 0.1) is 27.8 Å². The first-order chi connectivity index (χ1) is 10.9. The predicted molar refractivity (Wildman–Crippen MR) is 81.6 cm³/mol. The Morgan fingerprint density at radius 1 is 1.13 bits per heavy atom. The molecule has 0 atom stereocenters. The second-order valence-corrected chi connectivity index (χ2v) is 6.09. The van der Waals surface area contributed by atoms with Crippen LogP contribution >= 0.6 is 0 Å². The summed E-state index contributed by atoms with van der Waals surface area (Å²) in [5.41, 5.74) is 0.0165. The standard InChI is InChI=1S/C15H11FN2O4S/c16-13-9-7-12(8-10-13)4-3-11-17-23(21,22)15-6-2-1-5-14(15)18(19)20/h1-2,5-10,17H,11H2. The van der Waals surface area contributed by atoms with E-state index < -0.39 is 31.3 Å². The van der Waals surface area contributed by atoms with Gasteiger partial charge in [-0.05, 0) is 30.3 Å². The summed E-state index contributed by atoms with van der Waals surface area (Å²) in [6.07, 6.45) is 0. The lowest BCUT2D eigenvalue weighted by Gasteiger charge is -2.04. The molecule has 0 aliphatic carbocycles. The first kappa shape index (κ1) is 16.6. The molecule has 0 bridgehead atoms. The molecule has 8 heteroatoms. The third-order valence-electron chi connectivity index (χ3n) is 2.78. The van der Waals surface area contributed by atoms with Crippen molar-refractivity contribution < 1.29 is 17.7 Å². The molecular formula is C15H11FN2O4S. The van der Waals surface area contributed by atoms with E-state index in [0.717, 1.165) is 12.1 Å². The lowest BCUT2D eigenvalue weighted by molar-refractivity contribution is -0.387. The molecule has 0 amide bonds. The summed E-state index contributed by atoms with van der Waals surface area (Å²) in [7, 11) is -4.05. The van der Waals surface area contributed by atoms with Gasteiger partial charge in [-0.1, -0.05) is 24.0 Å². The van der Waals surface area contributed by atoms with Crippen molar-refractivity contribution in [3.05, 3.63) is 70.0 Å². The first-order valence-electron chi connectivity index (χ1n) is 6.38. The highest BCUT2D eigenvalue weighted by atomic mass is 32.2. The molecule has 1 N–H and O–H groups in total. The SMILES string of the molecule is O=[N+]([O-])c1ccccc1S(=O)(=O)NCC#Cc1ccc(F)cc1. The maximum absolute atomic E-state index is 12.7. The molecule has 0 fully saturated rings. The second-order valence-electron chi connectivity index (χ2n) is 4.36. The molecule has 0 radical (unpaired) electrons. The minimum Gasteiger partial charge on any atom is -0.258 e. The van der Waals surface area contributed by atoms with E-state index in [0.29, 0.717) is 5.56 Å². The number of hydrogen-bond donors (Lipinski definition) is 1. The average molecular weight is 334 g/mol. The molecule has 0 unspecified atom stereocenters. The lowest BCUT2D eigenvalue weighted by Crippen LogP contribution is -2.24. The van der Waals surface area contributed by atoms with Crippen LogP contribution in [0.3, 0.4) is 0 Å². The molecular weight excluding hydrogens is 323 g/mol. The fourth-order valence-electron chi connectivity index (χ4n) is 1.72. The quantitative estimate of drug-likeness (QED) is 0.526. The van der Waals surface area contributed by atoms with Crippen molar-refractivity contribution in [2.45, 2.75) is 4.90 Å². The third-order valence-corrected chi connectivity index (χ3v) is 4.23. The van der Waals surface area contributed by atoms with Crippen LogP contribution in [-0.2, 0) is 10.0 Å². The van der Waals surface area contributed by atoms with Crippen molar-refractivity contribution in [1.82, 2.24) is 4.72 Å². The molecule has 0 aliphatic heterocycles. The Morgan fingerprint density at radius 3 is 2.43 bits per heavy atom. The number of nitrogens with one attached hydrogen (secondary N) is 1. The second kappa shape index (κ2) is 7.00. The van der Waals surface area contributed by atoms with Crippen molar-refractivity contribution in [2.24, 2.45) is 0 Å². The van der Waals surface area contributed by atoms with Crippen molar-refractivity contribution in [3.8, 4) is 11.8 Å². The lowest BCUT2D eigenvalue weighted by atomic mass is 10.2. The van der Waals surface area contributed by atoms with Crippen molar-refractivity contribution >= 4 is 15.7 Å². The Morgan fingerprint density at radius 2 is 1.78 bits per heavy atom. The van der Waals surface area contributed by atoms with Crippen LogP contribution in [0.5, 0.6) is 0 Å². The van der Waals surface area contributed by atoms with E-state index in [-0.39, 0.29) is 6.54 Å². The maximum Gasteiger partial charge on any atom is 0.289 e. The fraction of sp³-hybridized carbons (Fsp3) is 0.0667. The zero-order valence-electron chi connectivity index (χ0n) is 11.7. The van der Waals surface area contributed by atoms with Gasteiger partial charge in [-0.3, -0.25) is 10.1 Å². The Labute approximate surface area is 132 Å². The Hall–Kier alpha value is -2.76. The molecule has 2 rings (SSSR count). The van der Waals surface area contributed by atoms with Gasteiger partial charge >= 0.3 is 0 Å². The van der Waals surface area contributed by atoms with E-state index in [2.05, 4.69) is 16.6 Å². The van der Waals surface area contributed by atoms with Crippen molar-refractivity contribution in [3.63, 3.8) is 0 Å². The number of nitro benzene ring substituents is 1. The minimum atomic E-state index is -4.05. The smallest absolute Gasteiger partial charge is 0.258 e. The highest BCUT2D eigenvalue weighted by Gasteiger charge is 2.24. The van der Waals surface area contributed by atoms with E-state index in [1.54, 1.807) is 0 Å². The number of rotatable bonds is 4. The number of benzene rings is 2. The van der Waals surface area contributed by atoms with Gasteiger partial charge in [0.2, 0.25) is 10.0 Å². The zero-order valence-corrected chi connectivity index (χ0v) is 12.5. The largest absolute Gasteiger partial charge is 0.289 e. The summed E-state index contributed by atoms with van der Waals surface area (Å²) in [5, 5.41) is 10.9. The molecule has 0 saturated heterocycles. The molecule has 6 nitrogen and oxygen atoms in total. The molecule has 2 aromatic rings. The van der Waals surface area contributed by atoms with Gasteiger partial charge in [-0.25, -0.2) is 12.8 Å². The third kappa shape index (κ3) is 4.35. The first-order valence-corrected chi connectivity index (χ1v) is 7.86. The van der Waals surface area contributed by atoms with E-state index in [4.69, 9.17) is 0 Å². The van der Waals surface area contributed by atoms with Gasteiger partial charge in [0.25, 0.3) is 5.69 Å². The monoisotopic (exact) mass is 334 g/mol. The van der Waals surface area contributed by atoms with Gasteiger partial charge in [-0.2, -0.15) is 4.72 Å². The Balaban J connectivity index is 2.11. The number of nitro groups is 1. The number of halogens is 1. The van der Waals surface area contributed by atoms with Gasteiger partial charge in [-0.15, -0.1) is 0 Å². The molecule has 0 aromatic heterocycles. The van der Waals surface area contributed by atoms with E-state index >= 15 is 0 Å². The Kier molecular flexibility index (Phi) is 5.05. The summed E-state index contributed by atoms with van der Waals surface area (Å²) < 4.78 is 39.1. The molecule has 0 aliphatic rings. The summed E-state index contributed by atoms with van der Waals surface area (Å²) >= 11 is 0. The summed E-state index contributed by atoms with van der Waals surface area (Å²) in [5.74, 6) is 4.82. The van der Waals surface area contributed by atoms with Gasteiger partial charge < -0.3 is 0 Å². The van der Waals surface area contributed by atoms with E-state index in [1.807, 2.05) is 0 Å². The molecule has 0 saturated carbocycles.